The van der Waals surface area contributed by atoms with Crippen LogP contribution in [0.1, 0.15) is 0 Å². The van der Waals surface area contributed by atoms with Gasteiger partial charge in [0.1, 0.15) is 0 Å². The van der Waals surface area contributed by atoms with Gasteiger partial charge in [-0.25, -0.2) is 0 Å². The Bertz CT molecular complexity index is 87.5. The molecule has 0 aromatic heterocycles. The van der Waals surface area contributed by atoms with Gasteiger partial charge in [0.15, 0.2) is 5.84 Å². The van der Waals surface area contributed by atoms with E-state index in [0.29, 0.717) is 0 Å². The molecule has 0 bridgehead atoms. The standard InChI is InChI=1S/C2H4N2O2/c5-2(6)1-3-4-1/h2,5-6H,(H,3,4). The van der Waals surface area contributed by atoms with Crippen LogP contribution in [0.3, 0.4) is 0 Å². The molecule has 6 heavy (non-hydrogen) atoms. The number of hydrogen-bond donors (Lipinski definition) is 3. The summed E-state index contributed by atoms with van der Waals surface area (Å²) in [4.78, 5) is 0. The number of aliphatic hydroxyl groups excluding tert-OH is 1. The minimum Gasteiger partial charge on any atom is -0.362 e. The van der Waals surface area contributed by atoms with Gasteiger partial charge < -0.3 is 10.2 Å². The molecule has 1 aliphatic rings. The number of rotatable bonds is 1. The van der Waals surface area contributed by atoms with Crippen molar-refractivity contribution < 1.29 is 10.2 Å². The first kappa shape index (κ1) is 3.58. The summed E-state index contributed by atoms with van der Waals surface area (Å²) < 4.78 is 0. The molecular formula is C2H4N2O2. The molecule has 0 spiro atoms. The van der Waals surface area contributed by atoms with E-state index in [1.54, 1.807) is 0 Å². The predicted octanol–water partition coefficient (Wildman–Crippen LogP) is -1.79. The third-order valence-corrected chi connectivity index (χ3v) is 0.485. The van der Waals surface area contributed by atoms with Crippen LogP contribution in [0.25, 0.3) is 0 Å². The summed E-state index contributed by atoms with van der Waals surface area (Å²) in [5.74, 6) is 0.245. The van der Waals surface area contributed by atoms with Gasteiger partial charge in [0.2, 0.25) is 6.29 Å². The number of amidine groups is 1. The van der Waals surface area contributed by atoms with Gasteiger partial charge in [-0.15, -0.1) is 0 Å². The van der Waals surface area contributed by atoms with Gasteiger partial charge in [0.05, 0.1) is 0 Å². The Labute approximate surface area is 34.1 Å². The summed E-state index contributed by atoms with van der Waals surface area (Å²) in [6, 6.07) is 0. The van der Waals surface area contributed by atoms with E-state index >= 15 is 0 Å². The predicted molar refractivity (Wildman–Crippen MR) is 18.8 cm³/mol. The molecule has 0 radical (unpaired) electrons. The van der Waals surface area contributed by atoms with Crippen molar-refractivity contribution in [3.63, 3.8) is 0 Å². The number of hydrogen-bond acceptors (Lipinski definition) is 4. The van der Waals surface area contributed by atoms with E-state index in [9.17, 15) is 0 Å². The normalized spacial score (nSPS) is 16.8. The number of aliphatic hydroxyl groups is 2. The summed E-state index contributed by atoms with van der Waals surface area (Å²) >= 11 is 0. The van der Waals surface area contributed by atoms with Crippen LogP contribution in [0.2, 0.25) is 0 Å². The van der Waals surface area contributed by atoms with Gasteiger partial charge in [-0.05, 0) is 0 Å². The smallest absolute Gasteiger partial charge is 0.215 e. The van der Waals surface area contributed by atoms with E-state index in [2.05, 4.69) is 10.5 Å². The molecule has 0 amide bonds. The Morgan fingerprint density at radius 1 is 1.67 bits per heavy atom. The highest BCUT2D eigenvalue weighted by Gasteiger charge is 2.16. The lowest BCUT2D eigenvalue weighted by Crippen LogP contribution is -2.14. The molecule has 0 unspecified atom stereocenters. The molecule has 34 valence electrons. The van der Waals surface area contributed by atoms with Crippen LogP contribution < -0.4 is 5.43 Å². The second-order valence-corrected chi connectivity index (χ2v) is 0.983. The zero-order chi connectivity index (χ0) is 4.57. The lowest BCUT2D eigenvalue weighted by atomic mass is 10.6. The van der Waals surface area contributed by atoms with Crippen molar-refractivity contribution in [3.8, 4) is 0 Å². The number of nitrogens with one attached hydrogen (secondary N) is 1. The Balaban J connectivity index is 2.31. The molecule has 3 N–H and O–H groups in total. The molecule has 0 atom stereocenters. The zero-order valence-corrected chi connectivity index (χ0v) is 2.92. The van der Waals surface area contributed by atoms with E-state index < -0.39 is 6.29 Å². The van der Waals surface area contributed by atoms with Crippen molar-refractivity contribution in [2.24, 2.45) is 5.10 Å². The van der Waals surface area contributed by atoms with Crippen LogP contribution in [0.15, 0.2) is 5.10 Å². The maximum absolute atomic E-state index is 8.05. The Morgan fingerprint density at radius 3 is 2.17 bits per heavy atom. The molecule has 0 saturated heterocycles. The molecule has 1 aliphatic heterocycles. The highest BCUT2D eigenvalue weighted by atomic mass is 16.5. The summed E-state index contributed by atoms with van der Waals surface area (Å²) in [5, 5.41) is 19.4. The molecular weight excluding hydrogens is 84.0 g/mol. The van der Waals surface area contributed by atoms with Gasteiger partial charge in [0, 0.05) is 0 Å². The van der Waals surface area contributed by atoms with E-state index in [4.69, 9.17) is 10.2 Å². The van der Waals surface area contributed by atoms with Crippen molar-refractivity contribution in [2.45, 2.75) is 6.29 Å². The molecule has 4 nitrogen and oxygen atoms in total. The molecule has 4 heteroatoms. The fourth-order valence-corrected chi connectivity index (χ4v) is 0.148. The maximum Gasteiger partial charge on any atom is 0.215 e. The quantitative estimate of drug-likeness (QED) is 0.331. The Morgan fingerprint density at radius 2 is 2.17 bits per heavy atom. The Hall–Kier alpha value is -0.610. The SMILES string of the molecule is OC(O)C1=NN1. The van der Waals surface area contributed by atoms with Crippen LogP contribution in [0, 0.1) is 0 Å². The summed E-state index contributed by atoms with van der Waals surface area (Å²) in [7, 11) is 0. The van der Waals surface area contributed by atoms with Crippen LogP contribution in [0.4, 0.5) is 0 Å². The van der Waals surface area contributed by atoms with Crippen LogP contribution in [-0.2, 0) is 0 Å². The first-order valence-electron chi connectivity index (χ1n) is 1.50. The Kier molecular flexibility index (Phi) is 0.551. The lowest BCUT2D eigenvalue weighted by molar-refractivity contribution is 0.0210. The zero-order valence-electron chi connectivity index (χ0n) is 2.92. The second-order valence-electron chi connectivity index (χ2n) is 0.983. The average molecular weight is 88.1 g/mol. The van der Waals surface area contributed by atoms with Crippen LogP contribution in [-0.4, -0.2) is 22.3 Å². The van der Waals surface area contributed by atoms with Crippen LogP contribution >= 0.6 is 0 Å². The molecule has 0 saturated carbocycles. The first-order valence-corrected chi connectivity index (χ1v) is 1.50. The number of hydrazone groups is 1. The van der Waals surface area contributed by atoms with E-state index in [-0.39, 0.29) is 5.84 Å². The topological polar surface area (TPSA) is 74.8 Å². The first-order chi connectivity index (χ1) is 2.80. The van der Waals surface area contributed by atoms with Gasteiger partial charge >= 0.3 is 0 Å². The molecule has 0 aromatic carbocycles. The minimum atomic E-state index is -1.40. The fourth-order valence-electron chi connectivity index (χ4n) is 0.148. The van der Waals surface area contributed by atoms with Crippen molar-refractivity contribution >= 4 is 5.84 Å². The van der Waals surface area contributed by atoms with E-state index in [1.165, 1.54) is 0 Å². The minimum absolute atomic E-state index is 0.245. The highest BCUT2D eigenvalue weighted by Crippen LogP contribution is 1.88. The van der Waals surface area contributed by atoms with Crippen LogP contribution in [0.5, 0.6) is 0 Å². The van der Waals surface area contributed by atoms with Crippen molar-refractivity contribution in [1.29, 1.82) is 0 Å². The third kappa shape index (κ3) is 0.474. The van der Waals surface area contributed by atoms with Gasteiger partial charge in [0.25, 0.3) is 0 Å². The lowest BCUT2D eigenvalue weighted by Gasteiger charge is -1.84. The highest BCUT2D eigenvalue weighted by molar-refractivity contribution is 5.92. The molecule has 1 heterocycles. The largest absolute Gasteiger partial charge is 0.362 e. The fraction of sp³-hybridized carbons (Fsp3) is 0.500. The molecule has 0 aliphatic carbocycles. The number of nitrogens with zero attached hydrogens (tertiary/aromatic N) is 1. The third-order valence-electron chi connectivity index (χ3n) is 0.485. The van der Waals surface area contributed by atoms with E-state index in [0.717, 1.165) is 0 Å². The van der Waals surface area contributed by atoms with Crippen molar-refractivity contribution in [2.75, 3.05) is 0 Å². The summed E-state index contributed by atoms with van der Waals surface area (Å²) in [6.45, 7) is 0. The van der Waals surface area contributed by atoms with Gasteiger partial charge in [-0.2, -0.15) is 5.10 Å². The summed E-state index contributed by atoms with van der Waals surface area (Å²) in [5.41, 5.74) is 2.28. The maximum atomic E-state index is 8.05. The van der Waals surface area contributed by atoms with E-state index in [1.807, 2.05) is 0 Å². The monoisotopic (exact) mass is 88.0 g/mol. The molecule has 0 fully saturated rings. The average Bonchev–Trinajstić information content (AvgIpc) is 2.06. The second kappa shape index (κ2) is 0.924. The van der Waals surface area contributed by atoms with Gasteiger partial charge in [-0.3, -0.25) is 5.43 Å². The van der Waals surface area contributed by atoms with Gasteiger partial charge in [-0.1, -0.05) is 0 Å². The van der Waals surface area contributed by atoms with Crippen molar-refractivity contribution in [1.82, 2.24) is 5.43 Å². The van der Waals surface area contributed by atoms with Crippen molar-refractivity contribution in [3.05, 3.63) is 0 Å². The summed E-state index contributed by atoms with van der Waals surface area (Å²) in [6.07, 6.45) is -1.40. The molecule has 1 rings (SSSR count). The molecule has 0 aromatic rings.